The van der Waals surface area contributed by atoms with E-state index in [-0.39, 0.29) is 111 Å². The molecule has 3 amide bonds. The molecular formula is C57H60N3O10S2Y-. The van der Waals surface area contributed by atoms with Crippen molar-refractivity contribution in [2.24, 2.45) is 5.92 Å². The third-order valence-corrected chi connectivity index (χ3v) is 17.3. The smallest absolute Gasteiger partial charge is 0.307 e. The molecule has 4 aliphatic heterocycles. The fraction of sp³-hybridized carbons (Fsp3) is 0.368. The first-order chi connectivity index (χ1) is 34.7. The average Bonchev–Trinajstić information content (AvgIpc) is 3.85. The summed E-state index contributed by atoms with van der Waals surface area (Å²) in [6.45, 7) is 6.12. The van der Waals surface area contributed by atoms with Crippen molar-refractivity contribution in [3.05, 3.63) is 147 Å². The quantitative estimate of drug-likeness (QED) is 0.0562. The minimum atomic E-state index is -1.03. The van der Waals surface area contributed by atoms with Crippen LogP contribution in [0.5, 0.6) is 17.2 Å². The van der Waals surface area contributed by atoms with Crippen LogP contribution in [0.25, 0.3) is 0 Å². The van der Waals surface area contributed by atoms with Gasteiger partial charge < -0.3 is 45.6 Å². The van der Waals surface area contributed by atoms with Gasteiger partial charge in [-0.05, 0) is 141 Å². The summed E-state index contributed by atoms with van der Waals surface area (Å²) in [5, 5.41) is 12.8. The van der Waals surface area contributed by atoms with Gasteiger partial charge in [-0.2, -0.15) is 6.42 Å². The second-order valence-corrected chi connectivity index (χ2v) is 22.7. The number of methoxy groups -OCH3 is 2. The van der Waals surface area contributed by atoms with Gasteiger partial charge in [-0.15, -0.1) is 0 Å². The number of Topliss-reactive ketones (excluding diaryl/α,β-unsaturated/α-hetero) is 1. The number of amides is 3. The molecule has 0 aromatic heterocycles. The molecule has 73 heavy (non-hydrogen) atoms. The Morgan fingerprint density at radius 3 is 2.15 bits per heavy atom. The number of carbonyl (C=O) groups is 5. The number of carboxylic acids is 1. The van der Waals surface area contributed by atoms with Crippen molar-refractivity contribution < 1.29 is 80.7 Å². The van der Waals surface area contributed by atoms with Gasteiger partial charge >= 0.3 is 5.97 Å². The van der Waals surface area contributed by atoms with Gasteiger partial charge in [0.1, 0.15) is 25.6 Å². The van der Waals surface area contributed by atoms with E-state index in [4.69, 9.17) is 18.9 Å². The van der Waals surface area contributed by atoms with Gasteiger partial charge in [-0.1, -0.05) is 69.6 Å². The summed E-state index contributed by atoms with van der Waals surface area (Å²) in [6, 6.07) is 29.6. The largest absolute Gasteiger partial charge is 0.493 e. The predicted octanol–water partition coefficient (Wildman–Crippen LogP) is 10.2. The molecule has 13 nitrogen and oxygen atoms in total. The summed E-state index contributed by atoms with van der Waals surface area (Å²) in [6.07, 6.45) is 6.55. The maximum atomic E-state index is 14.1. The number of ether oxygens (including phenoxy) is 4. The SMILES string of the molecule is COCC(=O)CC(CSSC(C)(C)CCC(=O)Nc1cc(COc2cc3c(cc2C)C(=O)N2c4ccccc4C[C@H]2[CH-]C3)cc(COc2cc3c(cc2OC)C(=O)N2c4ccccc4C[C@H]2CC3)c1)C(=O)O.[Y]. The number of aryl methyl sites for hydroxylation is 2. The van der Waals surface area contributed by atoms with E-state index < -0.39 is 11.9 Å². The van der Waals surface area contributed by atoms with E-state index in [9.17, 15) is 29.1 Å². The Morgan fingerprint density at radius 1 is 0.808 bits per heavy atom. The molecule has 4 heterocycles. The van der Waals surface area contributed by atoms with Crippen molar-refractivity contribution in [2.45, 2.75) is 102 Å². The van der Waals surface area contributed by atoms with Crippen molar-refractivity contribution in [3.8, 4) is 17.2 Å². The minimum Gasteiger partial charge on any atom is -0.493 e. The Morgan fingerprint density at radius 2 is 1.45 bits per heavy atom. The van der Waals surface area contributed by atoms with Crippen LogP contribution >= 0.6 is 21.6 Å². The maximum Gasteiger partial charge on any atom is 0.307 e. The Hall–Kier alpha value is -5.19. The summed E-state index contributed by atoms with van der Waals surface area (Å²) >= 11 is 0. The molecule has 0 spiro atoms. The van der Waals surface area contributed by atoms with Crippen LogP contribution in [0.3, 0.4) is 0 Å². The van der Waals surface area contributed by atoms with Crippen LogP contribution in [0.4, 0.5) is 17.1 Å². The van der Waals surface area contributed by atoms with Gasteiger partial charge in [0.2, 0.25) is 5.91 Å². The first-order valence-electron chi connectivity index (χ1n) is 24.4. The molecule has 0 aliphatic carbocycles. The zero-order valence-electron chi connectivity index (χ0n) is 41.9. The molecule has 5 aromatic carbocycles. The van der Waals surface area contributed by atoms with Crippen molar-refractivity contribution in [3.63, 3.8) is 0 Å². The number of nitrogens with zero attached hydrogens (tertiary/aromatic N) is 2. The molecule has 9 rings (SSSR count). The van der Waals surface area contributed by atoms with E-state index in [1.165, 1.54) is 39.8 Å². The van der Waals surface area contributed by atoms with Crippen molar-refractivity contribution >= 4 is 68.1 Å². The average molecular weight is 1100 g/mol. The molecule has 1 unspecified atom stereocenters. The number of carboxylic acid groups (broad SMARTS) is 1. The second-order valence-electron chi connectivity index (χ2n) is 19.7. The normalized spacial score (nSPS) is 16.8. The van der Waals surface area contributed by atoms with Gasteiger partial charge in [0.15, 0.2) is 17.3 Å². The van der Waals surface area contributed by atoms with Gasteiger partial charge in [-0.25, -0.2) is 0 Å². The third-order valence-electron chi connectivity index (χ3n) is 13.9. The minimum absolute atomic E-state index is 0. The van der Waals surface area contributed by atoms with Crippen LogP contribution in [0, 0.1) is 19.3 Å². The number of para-hydroxylation sites is 2. The summed E-state index contributed by atoms with van der Waals surface area (Å²) < 4.78 is 23.4. The molecule has 0 bridgehead atoms. The molecule has 1 radical (unpaired) electrons. The van der Waals surface area contributed by atoms with Crippen LogP contribution in [0.15, 0.2) is 91.0 Å². The number of rotatable bonds is 20. The van der Waals surface area contributed by atoms with Crippen LogP contribution in [0.1, 0.15) is 99.2 Å². The van der Waals surface area contributed by atoms with Crippen molar-refractivity contribution in [2.75, 3.05) is 41.7 Å². The second kappa shape index (κ2) is 23.6. The van der Waals surface area contributed by atoms with Gasteiger partial charge in [0, 0.05) is 97.4 Å². The number of ketones is 1. The number of carbonyl (C=O) groups excluding carboxylic acids is 4. The molecular weight excluding hydrogens is 1040 g/mol. The molecule has 5 aromatic rings. The standard InChI is InChI=1S/C57H60N3O10S2.Y/c1-34-20-46-37(14-16-43-24-39-10-6-8-12-48(39)59(43)54(46)63)27-50(34)69-30-35-21-36(23-42(22-35)58-53(62)18-19-57(2,3)72-71-33-41(56(65)66)26-45(61)32-67-4)31-70-52-28-38-15-17-44-25-40-11-7-9-13-49(40)60(44)55(64)47(38)29-51(52)68-5;/h6-13,16,20-23,27-29,41,43-44H,14-15,17-19,24-26,30-33H2,1-5H3,(H,58,62)(H,65,66);/q-1;/t41?,43-,44-;/m1./s1. The number of fused-ring (bicyclic) bond motifs is 8. The van der Waals surface area contributed by atoms with Crippen LogP contribution in [0.2, 0.25) is 0 Å². The Labute approximate surface area is 460 Å². The maximum absolute atomic E-state index is 14.1. The summed E-state index contributed by atoms with van der Waals surface area (Å²) in [5.74, 6) is -0.539. The molecule has 2 N–H and O–H groups in total. The van der Waals surface area contributed by atoms with Crippen molar-refractivity contribution in [1.82, 2.24) is 0 Å². The zero-order valence-corrected chi connectivity index (χ0v) is 46.3. The third kappa shape index (κ3) is 12.3. The molecule has 0 saturated heterocycles. The van der Waals surface area contributed by atoms with E-state index in [2.05, 4.69) is 23.9 Å². The molecule has 0 saturated carbocycles. The van der Waals surface area contributed by atoms with Gasteiger partial charge in [0.25, 0.3) is 11.8 Å². The van der Waals surface area contributed by atoms with E-state index in [0.29, 0.717) is 53.3 Å². The van der Waals surface area contributed by atoms with Gasteiger partial charge in [-0.3, -0.25) is 24.0 Å². The topological polar surface area (TPSA) is 161 Å². The van der Waals surface area contributed by atoms with E-state index in [0.717, 1.165) is 58.5 Å². The number of benzene rings is 5. The monoisotopic (exact) mass is 1100 g/mol. The van der Waals surface area contributed by atoms with E-state index >= 15 is 0 Å². The summed E-state index contributed by atoms with van der Waals surface area (Å²) in [7, 11) is 5.85. The molecule has 379 valence electrons. The first-order valence-corrected chi connectivity index (χ1v) is 26.7. The summed E-state index contributed by atoms with van der Waals surface area (Å²) in [5.41, 5.74) is 10.3. The Kier molecular flexibility index (Phi) is 17.5. The number of hydrogen-bond donors (Lipinski definition) is 2. The number of aliphatic carboxylic acids is 1. The van der Waals surface area contributed by atoms with Gasteiger partial charge in [0.05, 0.1) is 13.0 Å². The van der Waals surface area contributed by atoms with Crippen molar-refractivity contribution in [1.29, 1.82) is 0 Å². The number of hydrogen-bond acceptors (Lipinski definition) is 11. The van der Waals surface area contributed by atoms with Crippen LogP contribution < -0.4 is 29.3 Å². The Bertz CT molecular complexity index is 2930. The fourth-order valence-electron chi connectivity index (χ4n) is 10.2. The zero-order chi connectivity index (χ0) is 50.7. The molecule has 3 atom stereocenters. The predicted molar refractivity (Wildman–Crippen MR) is 282 cm³/mol. The first kappa shape index (κ1) is 54.1. The van der Waals surface area contributed by atoms with E-state index in [1.807, 2.05) is 103 Å². The van der Waals surface area contributed by atoms with E-state index in [1.54, 1.807) is 13.2 Å². The van der Waals surface area contributed by atoms with Crippen LogP contribution in [-0.2, 0) is 90.7 Å². The van der Waals surface area contributed by atoms with Crippen LogP contribution in [-0.4, -0.2) is 78.0 Å². The fourth-order valence-corrected chi connectivity index (χ4v) is 13.1. The Balaban J connectivity index is 0.00000711. The number of nitrogens with one attached hydrogen (secondary N) is 1. The summed E-state index contributed by atoms with van der Waals surface area (Å²) in [4.78, 5) is 69.7. The number of anilines is 3. The molecule has 4 aliphatic rings. The molecule has 0 fully saturated rings. The molecule has 16 heteroatoms.